The average Bonchev–Trinajstić information content (AvgIpc) is 3.02. The molecule has 0 aliphatic carbocycles. The summed E-state index contributed by atoms with van der Waals surface area (Å²) in [6, 6.07) is 7.96. The van der Waals surface area contributed by atoms with Gasteiger partial charge in [-0.25, -0.2) is 4.98 Å². The van der Waals surface area contributed by atoms with E-state index >= 15 is 0 Å². The summed E-state index contributed by atoms with van der Waals surface area (Å²) in [5, 5.41) is 11.3. The third kappa shape index (κ3) is 6.08. The highest BCUT2D eigenvalue weighted by Gasteiger charge is 2.09. The number of amides is 1. The lowest BCUT2D eigenvalue weighted by molar-refractivity contribution is -0.133. The predicted octanol–water partition coefficient (Wildman–Crippen LogP) is 2.52. The van der Waals surface area contributed by atoms with Gasteiger partial charge in [0.1, 0.15) is 0 Å². The molecule has 0 aliphatic heterocycles. The van der Waals surface area contributed by atoms with Crippen molar-refractivity contribution in [3.8, 4) is 11.3 Å². The zero-order chi connectivity index (χ0) is 17.4. The second kappa shape index (κ2) is 9.12. The second-order valence-electron chi connectivity index (χ2n) is 5.28. The van der Waals surface area contributed by atoms with E-state index in [4.69, 9.17) is 9.52 Å². The lowest BCUT2D eigenvalue weighted by Gasteiger charge is -2.03. The monoisotopic (exact) mass is 348 g/mol. The molecule has 1 aromatic heterocycles. The summed E-state index contributed by atoms with van der Waals surface area (Å²) in [7, 11) is 0. The van der Waals surface area contributed by atoms with Crippen molar-refractivity contribution in [2.45, 2.75) is 19.8 Å². The minimum atomic E-state index is -0.848. The molecule has 0 atom stereocenters. The number of aryl methyl sites for hydroxylation is 2. The highest BCUT2D eigenvalue weighted by molar-refractivity contribution is 7.99. The predicted molar refractivity (Wildman–Crippen MR) is 93.0 cm³/mol. The van der Waals surface area contributed by atoms with Gasteiger partial charge in [0.2, 0.25) is 5.91 Å². The summed E-state index contributed by atoms with van der Waals surface area (Å²) in [4.78, 5) is 26.3. The molecule has 0 saturated heterocycles. The molecule has 0 unspecified atom stereocenters. The van der Waals surface area contributed by atoms with Crippen molar-refractivity contribution in [2.24, 2.45) is 0 Å². The quantitative estimate of drug-likeness (QED) is 0.677. The van der Waals surface area contributed by atoms with E-state index < -0.39 is 5.97 Å². The Morgan fingerprint density at radius 2 is 2.04 bits per heavy atom. The van der Waals surface area contributed by atoms with Gasteiger partial charge in [-0.1, -0.05) is 29.8 Å². The van der Waals surface area contributed by atoms with Crippen molar-refractivity contribution >= 4 is 23.6 Å². The third-order valence-corrected chi connectivity index (χ3v) is 4.19. The van der Waals surface area contributed by atoms with Crippen LogP contribution in [0.1, 0.15) is 17.9 Å². The molecule has 0 bridgehead atoms. The van der Waals surface area contributed by atoms with E-state index in [-0.39, 0.29) is 18.1 Å². The van der Waals surface area contributed by atoms with Crippen molar-refractivity contribution < 1.29 is 19.1 Å². The molecule has 2 aromatic rings. The van der Waals surface area contributed by atoms with Crippen LogP contribution in [0.4, 0.5) is 0 Å². The average molecular weight is 348 g/mol. The number of nitrogens with one attached hydrogen (secondary N) is 1. The van der Waals surface area contributed by atoms with Gasteiger partial charge in [0, 0.05) is 30.7 Å². The lowest BCUT2D eigenvalue weighted by Crippen LogP contribution is -2.26. The first-order valence-corrected chi connectivity index (χ1v) is 8.78. The second-order valence-corrected chi connectivity index (χ2v) is 6.39. The molecule has 0 spiro atoms. The highest BCUT2D eigenvalue weighted by Crippen LogP contribution is 2.21. The molecular formula is C17H20N2O4S. The number of aromatic nitrogens is 1. The Labute approximate surface area is 144 Å². The third-order valence-electron chi connectivity index (χ3n) is 3.25. The number of benzene rings is 1. The van der Waals surface area contributed by atoms with Gasteiger partial charge in [0.15, 0.2) is 11.7 Å². The van der Waals surface area contributed by atoms with Crippen LogP contribution in [0.3, 0.4) is 0 Å². The van der Waals surface area contributed by atoms with E-state index in [1.807, 2.05) is 31.2 Å². The summed E-state index contributed by atoms with van der Waals surface area (Å²) in [6.45, 7) is 2.48. The van der Waals surface area contributed by atoms with Crippen LogP contribution in [0, 0.1) is 6.92 Å². The van der Waals surface area contributed by atoms with Crippen molar-refractivity contribution in [1.29, 1.82) is 0 Å². The largest absolute Gasteiger partial charge is 0.481 e. The van der Waals surface area contributed by atoms with Crippen molar-refractivity contribution in [3.05, 3.63) is 41.9 Å². The standard InChI is InChI=1S/C17H20N2O4S/c1-12-2-4-13(5-3-12)14-10-19-16(23-14)7-6-15(20)18-8-9-24-11-17(21)22/h2-5,10H,6-9,11H2,1H3,(H,18,20)(H,21,22). The van der Waals surface area contributed by atoms with Crippen LogP contribution in [-0.2, 0) is 16.0 Å². The van der Waals surface area contributed by atoms with Crippen LogP contribution in [-0.4, -0.2) is 40.0 Å². The number of carboxylic acids is 1. The molecule has 2 N–H and O–H groups in total. The molecule has 24 heavy (non-hydrogen) atoms. The molecule has 0 aliphatic rings. The Morgan fingerprint density at radius 3 is 2.75 bits per heavy atom. The van der Waals surface area contributed by atoms with Crippen LogP contribution in [0.2, 0.25) is 0 Å². The Morgan fingerprint density at radius 1 is 1.29 bits per heavy atom. The summed E-state index contributed by atoms with van der Waals surface area (Å²) in [5.74, 6) is 0.903. The van der Waals surface area contributed by atoms with Crippen molar-refractivity contribution in [2.75, 3.05) is 18.1 Å². The molecule has 0 saturated carbocycles. The first kappa shape index (κ1) is 18.1. The molecule has 1 heterocycles. The zero-order valence-corrected chi connectivity index (χ0v) is 14.3. The van der Waals surface area contributed by atoms with Gasteiger partial charge in [-0.05, 0) is 6.92 Å². The number of hydrogen-bond acceptors (Lipinski definition) is 5. The van der Waals surface area contributed by atoms with Crippen LogP contribution < -0.4 is 5.32 Å². The van der Waals surface area contributed by atoms with Gasteiger partial charge < -0.3 is 14.8 Å². The van der Waals surface area contributed by atoms with Gasteiger partial charge in [-0.3, -0.25) is 9.59 Å². The van der Waals surface area contributed by atoms with Crippen LogP contribution >= 0.6 is 11.8 Å². The number of carbonyl (C=O) groups is 2. The van der Waals surface area contributed by atoms with E-state index in [1.165, 1.54) is 17.3 Å². The Kier molecular flexibility index (Phi) is 6.87. The van der Waals surface area contributed by atoms with E-state index in [1.54, 1.807) is 6.20 Å². The number of nitrogens with zero attached hydrogens (tertiary/aromatic N) is 1. The fourth-order valence-electron chi connectivity index (χ4n) is 2.01. The number of oxazole rings is 1. The molecule has 6 nitrogen and oxygen atoms in total. The van der Waals surface area contributed by atoms with Gasteiger partial charge in [0.05, 0.1) is 11.9 Å². The van der Waals surface area contributed by atoms with Gasteiger partial charge in [-0.15, -0.1) is 11.8 Å². The number of carboxylic acid groups (broad SMARTS) is 1. The minimum absolute atomic E-state index is 0.0496. The maximum atomic E-state index is 11.7. The molecule has 0 radical (unpaired) electrons. The first-order valence-electron chi connectivity index (χ1n) is 7.62. The molecule has 128 valence electrons. The Bertz CT molecular complexity index is 682. The number of aliphatic carboxylic acids is 1. The maximum Gasteiger partial charge on any atom is 0.313 e. The minimum Gasteiger partial charge on any atom is -0.481 e. The zero-order valence-electron chi connectivity index (χ0n) is 13.4. The van der Waals surface area contributed by atoms with Crippen LogP contribution in [0.15, 0.2) is 34.9 Å². The number of rotatable bonds is 9. The lowest BCUT2D eigenvalue weighted by atomic mass is 10.1. The van der Waals surface area contributed by atoms with Gasteiger partial charge in [0.25, 0.3) is 0 Å². The Balaban J connectivity index is 1.71. The SMILES string of the molecule is Cc1ccc(-c2cnc(CCC(=O)NCCSCC(=O)O)o2)cc1. The van der Waals surface area contributed by atoms with Crippen molar-refractivity contribution in [3.63, 3.8) is 0 Å². The van der Waals surface area contributed by atoms with Crippen LogP contribution in [0.5, 0.6) is 0 Å². The van der Waals surface area contributed by atoms with Crippen molar-refractivity contribution in [1.82, 2.24) is 10.3 Å². The van der Waals surface area contributed by atoms with E-state index in [0.29, 0.717) is 30.4 Å². The normalized spacial score (nSPS) is 10.5. The van der Waals surface area contributed by atoms with Crippen LogP contribution in [0.25, 0.3) is 11.3 Å². The smallest absolute Gasteiger partial charge is 0.313 e. The first-order chi connectivity index (χ1) is 11.5. The molecule has 7 heteroatoms. The van der Waals surface area contributed by atoms with E-state index in [2.05, 4.69) is 10.3 Å². The van der Waals surface area contributed by atoms with Gasteiger partial charge in [-0.2, -0.15) is 0 Å². The highest BCUT2D eigenvalue weighted by atomic mass is 32.2. The Hall–Kier alpha value is -2.28. The van der Waals surface area contributed by atoms with E-state index in [0.717, 1.165) is 5.56 Å². The molecule has 0 fully saturated rings. The molecule has 1 amide bonds. The number of carbonyl (C=O) groups excluding carboxylic acids is 1. The maximum absolute atomic E-state index is 11.7. The molecule has 1 aromatic carbocycles. The summed E-state index contributed by atoms with van der Waals surface area (Å²) in [6.07, 6.45) is 2.39. The summed E-state index contributed by atoms with van der Waals surface area (Å²) < 4.78 is 5.67. The number of thioether (sulfide) groups is 1. The summed E-state index contributed by atoms with van der Waals surface area (Å²) in [5.41, 5.74) is 2.14. The summed E-state index contributed by atoms with van der Waals surface area (Å²) >= 11 is 1.27. The topological polar surface area (TPSA) is 92.4 Å². The fourth-order valence-corrected chi connectivity index (χ4v) is 2.57. The van der Waals surface area contributed by atoms with Gasteiger partial charge >= 0.3 is 5.97 Å². The molecular weight excluding hydrogens is 328 g/mol. The number of hydrogen-bond donors (Lipinski definition) is 2. The van der Waals surface area contributed by atoms with E-state index in [9.17, 15) is 9.59 Å². The fraction of sp³-hybridized carbons (Fsp3) is 0.353. The molecule has 2 rings (SSSR count).